The molecule has 1 N–H and O–H groups in total. The summed E-state index contributed by atoms with van der Waals surface area (Å²) in [5.41, 5.74) is 2.32. The van der Waals surface area contributed by atoms with Crippen LogP contribution in [0.3, 0.4) is 0 Å². The summed E-state index contributed by atoms with van der Waals surface area (Å²) in [6.45, 7) is 3.22. The van der Waals surface area contributed by atoms with Gasteiger partial charge in [0.15, 0.2) is 6.61 Å². The molecule has 156 valence electrons. The molecule has 8 nitrogen and oxygen atoms in total. The Morgan fingerprint density at radius 1 is 1.13 bits per heavy atom. The van der Waals surface area contributed by atoms with E-state index in [-0.39, 0.29) is 11.8 Å². The van der Waals surface area contributed by atoms with Gasteiger partial charge in [0.1, 0.15) is 6.54 Å². The molecule has 0 bridgehead atoms. The van der Waals surface area contributed by atoms with Crippen molar-refractivity contribution in [2.24, 2.45) is 0 Å². The van der Waals surface area contributed by atoms with E-state index in [4.69, 9.17) is 9.15 Å². The van der Waals surface area contributed by atoms with Gasteiger partial charge in [-0.3, -0.25) is 9.59 Å². The lowest BCUT2D eigenvalue weighted by Crippen LogP contribution is -2.26. The average Bonchev–Trinajstić information content (AvgIpc) is 3.13. The van der Waals surface area contributed by atoms with Gasteiger partial charge in [0, 0.05) is 11.3 Å². The van der Waals surface area contributed by atoms with Gasteiger partial charge < -0.3 is 14.5 Å². The van der Waals surface area contributed by atoms with Crippen LogP contribution in [0.1, 0.15) is 31.7 Å². The molecule has 1 aromatic heterocycles. The highest BCUT2D eigenvalue weighted by Gasteiger charge is 2.16. The molecule has 3 aromatic rings. The summed E-state index contributed by atoms with van der Waals surface area (Å²) in [4.78, 5) is 36.1. The molecule has 0 saturated heterocycles. The van der Waals surface area contributed by atoms with Gasteiger partial charge >= 0.3 is 11.7 Å². The van der Waals surface area contributed by atoms with E-state index < -0.39 is 30.8 Å². The van der Waals surface area contributed by atoms with Crippen LogP contribution in [0.25, 0.3) is 11.5 Å². The van der Waals surface area contributed by atoms with E-state index in [9.17, 15) is 14.4 Å². The number of esters is 1. The fourth-order valence-electron chi connectivity index (χ4n) is 2.86. The highest BCUT2D eigenvalue weighted by Crippen LogP contribution is 2.26. The first-order valence-electron chi connectivity index (χ1n) is 9.65. The molecule has 1 amide bonds. The van der Waals surface area contributed by atoms with Gasteiger partial charge in [-0.05, 0) is 36.1 Å². The minimum atomic E-state index is -0.780. The highest BCUT2D eigenvalue weighted by atomic mass is 16.5. The molecule has 0 radical (unpaired) electrons. The van der Waals surface area contributed by atoms with E-state index in [0.29, 0.717) is 11.3 Å². The molecule has 30 heavy (non-hydrogen) atoms. The number of anilines is 1. The standard InChI is InChI=1S/C22H23N3O5/c1-3-15(2)17-11-7-8-12-18(17)23-19(26)14-29-20(27)13-25-22(28)30-21(24-25)16-9-5-4-6-10-16/h4-12,15H,3,13-14H2,1-2H3,(H,23,26)/t15-/m1/s1. The van der Waals surface area contributed by atoms with Gasteiger partial charge in [0.2, 0.25) is 5.89 Å². The Hall–Kier alpha value is -3.68. The number of benzene rings is 2. The van der Waals surface area contributed by atoms with Crippen molar-refractivity contribution in [3.63, 3.8) is 0 Å². The maximum Gasteiger partial charge on any atom is 0.437 e. The topological polar surface area (TPSA) is 103 Å². The number of hydrogen-bond acceptors (Lipinski definition) is 6. The number of hydrogen-bond donors (Lipinski definition) is 1. The summed E-state index contributed by atoms with van der Waals surface area (Å²) in [5, 5.41) is 6.75. The molecule has 0 aliphatic heterocycles. The first-order chi connectivity index (χ1) is 14.5. The van der Waals surface area contributed by atoms with Crippen LogP contribution in [0.5, 0.6) is 0 Å². The number of nitrogens with zero attached hydrogens (tertiary/aromatic N) is 2. The summed E-state index contributed by atoms with van der Waals surface area (Å²) < 4.78 is 10.9. The lowest BCUT2D eigenvalue weighted by molar-refractivity contribution is -0.148. The first kappa shape index (κ1) is 21.0. The zero-order valence-corrected chi connectivity index (χ0v) is 16.8. The predicted octanol–water partition coefficient (Wildman–Crippen LogP) is 3.20. The van der Waals surface area contributed by atoms with Crippen LogP contribution in [0.15, 0.2) is 63.8 Å². The van der Waals surface area contributed by atoms with Crippen molar-refractivity contribution in [2.45, 2.75) is 32.7 Å². The normalized spacial score (nSPS) is 11.7. The quantitative estimate of drug-likeness (QED) is 0.573. The van der Waals surface area contributed by atoms with E-state index >= 15 is 0 Å². The molecule has 0 saturated carbocycles. The molecule has 0 unspecified atom stereocenters. The minimum Gasteiger partial charge on any atom is -0.454 e. The van der Waals surface area contributed by atoms with E-state index in [1.807, 2.05) is 24.3 Å². The fourth-order valence-corrected chi connectivity index (χ4v) is 2.86. The number of carbonyl (C=O) groups excluding carboxylic acids is 2. The SMILES string of the molecule is CC[C@@H](C)c1ccccc1NC(=O)COC(=O)Cn1nc(-c2ccccc2)oc1=O. The maximum absolute atomic E-state index is 12.2. The molecule has 0 spiro atoms. The molecular formula is C22H23N3O5. The molecule has 1 atom stereocenters. The van der Waals surface area contributed by atoms with Gasteiger partial charge in [-0.25, -0.2) is 4.79 Å². The summed E-state index contributed by atoms with van der Waals surface area (Å²) >= 11 is 0. The molecular weight excluding hydrogens is 386 g/mol. The molecule has 0 aliphatic carbocycles. The predicted molar refractivity (Wildman–Crippen MR) is 111 cm³/mol. The van der Waals surface area contributed by atoms with Crippen molar-refractivity contribution < 1.29 is 18.7 Å². The van der Waals surface area contributed by atoms with Crippen LogP contribution in [0.2, 0.25) is 0 Å². The minimum absolute atomic E-state index is 0.104. The number of aromatic nitrogens is 2. The molecule has 1 heterocycles. The van der Waals surface area contributed by atoms with Crippen LogP contribution in [-0.4, -0.2) is 28.3 Å². The second-order valence-corrected chi connectivity index (χ2v) is 6.80. The Balaban J connectivity index is 1.56. The first-order valence-corrected chi connectivity index (χ1v) is 9.65. The number of ether oxygens (including phenoxy) is 1. The van der Waals surface area contributed by atoms with E-state index in [1.165, 1.54) is 0 Å². The highest BCUT2D eigenvalue weighted by molar-refractivity contribution is 5.93. The van der Waals surface area contributed by atoms with E-state index in [1.54, 1.807) is 30.3 Å². The number of carbonyl (C=O) groups is 2. The maximum atomic E-state index is 12.2. The smallest absolute Gasteiger partial charge is 0.437 e. The number of rotatable bonds is 8. The lowest BCUT2D eigenvalue weighted by atomic mass is 9.97. The van der Waals surface area contributed by atoms with Crippen LogP contribution in [0.4, 0.5) is 5.69 Å². The fraction of sp³-hybridized carbons (Fsp3) is 0.273. The monoisotopic (exact) mass is 409 g/mol. The number of amides is 1. The second-order valence-electron chi connectivity index (χ2n) is 6.80. The van der Waals surface area contributed by atoms with Crippen LogP contribution in [0, 0.1) is 0 Å². The van der Waals surface area contributed by atoms with Crippen LogP contribution in [-0.2, 0) is 20.9 Å². The van der Waals surface area contributed by atoms with Crippen molar-refractivity contribution in [3.05, 3.63) is 70.7 Å². The molecule has 8 heteroatoms. The van der Waals surface area contributed by atoms with Crippen molar-refractivity contribution >= 4 is 17.6 Å². The van der Waals surface area contributed by atoms with E-state index in [0.717, 1.165) is 16.7 Å². The third kappa shape index (κ3) is 5.22. The molecule has 3 rings (SSSR count). The van der Waals surface area contributed by atoms with Crippen LogP contribution < -0.4 is 11.1 Å². The largest absolute Gasteiger partial charge is 0.454 e. The van der Waals surface area contributed by atoms with Gasteiger partial charge in [0.25, 0.3) is 5.91 Å². The number of nitrogens with one attached hydrogen (secondary N) is 1. The van der Waals surface area contributed by atoms with Crippen molar-refractivity contribution in [1.29, 1.82) is 0 Å². The van der Waals surface area contributed by atoms with Crippen molar-refractivity contribution in [2.75, 3.05) is 11.9 Å². The van der Waals surface area contributed by atoms with Crippen molar-refractivity contribution in [3.8, 4) is 11.5 Å². The van der Waals surface area contributed by atoms with Gasteiger partial charge in [-0.1, -0.05) is 50.2 Å². The Morgan fingerprint density at radius 3 is 2.57 bits per heavy atom. The molecule has 0 fully saturated rings. The molecule has 0 aliphatic rings. The van der Waals surface area contributed by atoms with Gasteiger partial charge in [-0.2, -0.15) is 4.68 Å². The Labute approximate surface area is 173 Å². The zero-order chi connectivity index (χ0) is 21.5. The van der Waals surface area contributed by atoms with Gasteiger partial charge in [0.05, 0.1) is 0 Å². The van der Waals surface area contributed by atoms with E-state index in [2.05, 4.69) is 24.3 Å². The average molecular weight is 409 g/mol. The summed E-state index contributed by atoms with van der Waals surface area (Å²) in [6, 6.07) is 16.3. The second kappa shape index (κ2) is 9.69. The number of para-hydroxylation sites is 1. The Morgan fingerprint density at radius 2 is 1.83 bits per heavy atom. The molecule has 2 aromatic carbocycles. The summed E-state index contributed by atoms with van der Waals surface area (Å²) in [7, 11) is 0. The van der Waals surface area contributed by atoms with Crippen molar-refractivity contribution in [1.82, 2.24) is 9.78 Å². The van der Waals surface area contributed by atoms with Crippen LogP contribution >= 0.6 is 0 Å². The zero-order valence-electron chi connectivity index (χ0n) is 16.8. The Kier molecular flexibility index (Phi) is 6.79. The van der Waals surface area contributed by atoms with Gasteiger partial charge in [-0.15, -0.1) is 5.10 Å². The lowest BCUT2D eigenvalue weighted by Gasteiger charge is -2.15. The third-order valence-corrected chi connectivity index (χ3v) is 4.65. The third-order valence-electron chi connectivity index (χ3n) is 4.65. The summed E-state index contributed by atoms with van der Waals surface area (Å²) in [6.07, 6.45) is 0.930. The Bertz CT molecular complexity index is 1070. The summed E-state index contributed by atoms with van der Waals surface area (Å²) in [5.74, 6) is -1.63.